The molecule has 1 N–H and O–H groups in total. The highest BCUT2D eigenvalue weighted by atomic mass is 16.7. The van der Waals surface area contributed by atoms with Crippen molar-refractivity contribution in [1.29, 1.82) is 0 Å². The predicted octanol–water partition coefficient (Wildman–Crippen LogP) is 6.04. The third-order valence-corrected chi connectivity index (χ3v) is 10.5. The largest absolute Gasteiger partial charge is 0.393 e. The fourth-order valence-corrected chi connectivity index (χ4v) is 7.47. The zero-order valence-electron chi connectivity index (χ0n) is 31.9. The molecular weight excluding hydrogens is 765 g/mol. The number of amides is 4. The minimum Gasteiger partial charge on any atom is -0.393 e. The van der Waals surface area contributed by atoms with Crippen molar-refractivity contribution < 1.29 is 38.5 Å². The first-order valence-electron chi connectivity index (χ1n) is 19.1. The molecule has 2 aliphatic rings. The molecule has 9 rings (SSSR count). The minimum atomic E-state index is -1.27. The molecule has 0 spiro atoms. The molecule has 14 heteroatoms. The number of benzene rings is 5. The van der Waals surface area contributed by atoms with Crippen LogP contribution in [0.4, 0.5) is 11.8 Å². The molecule has 2 bridgehead atoms. The fraction of sp³-hybridized carbons (Fsp3) is 0.152. The van der Waals surface area contributed by atoms with E-state index in [9.17, 15) is 24.3 Å². The smallest absolute Gasteiger partial charge is 0.267 e. The van der Waals surface area contributed by atoms with Gasteiger partial charge in [-0.05, 0) is 54.1 Å². The molecule has 4 heterocycles. The Morgan fingerprint density at radius 3 is 1.62 bits per heavy atom. The zero-order chi connectivity index (χ0) is 41.2. The number of aromatic nitrogens is 4. The Balaban J connectivity index is 1.25. The van der Waals surface area contributed by atoms with Crippen LogP contribution in [0.25, 0.3) is 11.2 Å². The van der Waals surface area contributed by atoms with Gasteiger partial charge in [0.15, 0.2) is 23.2 Å². The zero-order valence-corrected chi connectivity index (χ0v) is 31.9. The van der Waals surface area contributed by atoms with E-state index in [1.54, 1.807) is 121 Å². The van der Waals surface area contributed by atoms with Crippen molar-refractivity contribution >= 4 is 46.6 Å². The SMILES string of the molecule is O=C(c1ccccc1)N(C(=O)c1ccccc1)c1nc(N(C(=O)c2ccccc2)C(=O)c2ccccc2)c2ncn([C@@H]3O[C@@]4(CO)CO[C@@H]3[C@@H]4OCc3ccccc3)c2n1. The molecular formula is C46H36N6O8. The van der Waals surface area contributed by atoms with Crippen molar-refractivity contribution in [3.63, 3.8) is 0 Å². The number of imidazole rings is 1. The number of nitrogens with zero attached hydrogens (tertiary/aromatic N) is 6. The van der Waals surface area contributed by atoms with E-state index in [2.05, 4.69) is 4.98 Å². The summed E-state index contributed by atoms with van der Waals surface area (Å²) in [7, 11) is 0. The highest BCUT2D eigenvalue weighted by Crippen LogP contribution is 2.47. The number of hydrogen-bond donors (Lipinski definition) is 1. The summed E-state index contributed by atoms with van der Waals surface area (Å²) < 4.78 is 20.7. The maximum atomic E-state index is 14.6. The summed E-state index contributed by atoms with van der Waals surface area (Å²) in [6.45, 7) is -0.188. The summed E-state index contributed by atoms with van der Waals surface area (Å²) in [5, 5.41) is 10.8. The lowest BCUT2D eigenvalue weighted by atomic mass is 10.00. The number of anilines is 2. The highest BCUT2D eigenvalue weighted by Gasteiger charge is 2.63. The average Bonchev–Trinajstić information content (AvgIpc) is 4.00. The van der Waals surface area contributed by atoms with E-state index in [1.807, 2.05) is 30.3 Å². The van der Waals surface area contributed by atoms with Gasteiger partial charge in [0.05, 0.1) is 26.1 Å². The normalized spacial score (nSPS) is 19.2. The van der Waals surface area contributed by atoms with Gasteiger partial charge in [-0.15, -0.1) is 0 Å². The lowest BCUT2D eigenvalue weighted by Crippen LogP contribution is -2.45. The molecule has 4 amide bonds. The van der Waals surface area contributed by atoms with Crippen LogP contribution in [-0.4, -0.2) is 79.3 Å². The van der Waals surface area contributed by atoms with Crippen LogP contribution < -0.4 is 9.80 Å². The Kier molecular flexibility index (Phi) is 10.3. The van der Waals surface area contributed by atoms with Gasteiger partial charge in [0.1, 0.15) is 17.8 Å². The van der Waals surface area contributed by atoms with E-state index in [4.69, 9.17) is 24.2 Å². The van der Waals surface area contributed by atoms with Crippen LogP contribution in [-0.2, 0) is 20.8 Å². The third-order valence-electron chi connectivity index (χ3n) is 10.5. The van der Waals surface area contributed by atoms with Gasteiger partial charge in [-0.1, -0.05) is 103 Å². The Hall–Kier alpha value is -7.23. The number of aliphatic hydroxyl groups excluding tert-OH is 1. The summed E-state index contributed by atoms with van der Waals surface area (Å²) in [5.74, 6) is -3.82. The second kappa shape index (κ2) is 16.2. The summed E-state index contributed by atoms with van der Waals surface area (Å²) in [6, 6.07) is 42.1. The molecule has 0 unspecified atom stereocenters. The molecule has 0 radical (unpaired) electrons. The fourth-order valence-electron chi connectivity index (χ4n) is 7.47. The summed E-state index contributed by atoms with van der Waals surface area (Å²) >= 11 is 0. The van der Waals surface area contributed by atoms with Crippen molar-refractivity contribution in [2.45, 2.75) is 30.6 Å². The number of hydrogen-bond acceptors (Lipinski definition) is 11. The number of imide groups is 2. The number of carbonyl (C=O) groups excluding carboxylic acids is 4. The van der Waals surface area contributed by atoms with E-state index in [1.165, 1.54) is 10.9 Å². The van der Waals surface area contributed by atoms with E-state index >= 15 is 0 Å². The molecule has 14 nitrogen and oxygen atoms in total. The molecule has 0 aliphatic carbocycles. The number of rotatable bonds is 11. The van der Waals surface area contributed by atoms with E-state index in [0.29, 0.717) is 0 Å². The second-order valence-electron chi connectivity index (χ2n) is 14.3. The molecule has 2 fully saturated rings. The van der Waals surface area contributed by atoms with Crippen molar-refractivity contribution in [2.24, 2.45) is 0 Å². The van der Waals surface area contributed by atoms with Crippen molar-refractivity contribution in [2.75, 3.05) is 23.0 Å². The quantitative estimate of drug-likeness (QED) is 0.152. The first kappa shape index (κ1) is 38.3. The van der Waals surface area contributed by atoms with Gasteiger partial charge in [-0.25, -0.2) is 14.8 Å². The highest BCUT2D eigenvalue weighted by molar-refractivity contribution is 6.28. The topological polar surface area (TPSA) is 166 Å². The van der Waals surface area contributed by atoms with Crippen LogP contribution in [0.5, 0.6) is 0 Å². The number of ether oxygens (including phenoxy) is 3. The van der Waals surface area contributed by atoms with Crippen LogP contribution in [0.3, 0.4) is 0 Å². The van der Waals surface area contributed by atoms with Gasteiger partial charge in [0.2, 0.25) is 5.95 Å². The predicted molar refractivity (Wildman–Crippen MR) is 218 cm³/mol. The Bertz CT molecular complexity index is 2580. The molecule has 2 aliphatic heterocycles. The Morgan fingerprint density at radius 1 is 0.667 bits per heavy atom. The lowest BCUT2D eigenvalue weighted by Gasteiger charge is -2.30. The lowest BCUT2D eigenvalue weighted by molar-refractivity contribution is -0.187. The van der Waals surface area contributed by atoms with Gasteiger partial charge < -0.3 is 19.3 Å². The maximum absolute atomic E-state index is 14.6. The number of aliphatic hydroxyl groups is 1. The van der Waals surface area contributed by atoms with Crippen molar-refractivity contribution in [1.82, 2.24) is 19.5 Å². The van der Waals surface area contributed by atoms with Gasteiger partial charge in [-0.2, -0.15) is 9.97 Å². The van der Waals surface area contributed by atoms with Crippen LogP contribution in [0.15, 0.2) is 158 Å². The van der Waals surface area contributed by atoms with E-state index in [0.717, 1.165) is 15.4 Å². The molecule has 298 valence electrons. The number of carbonyl (C=O) groups is 4. The molecule has 2 saturated heterocycles. The van der Waals surface area contributed by atoms with Crippen LogP contribution in [0.2, 0.25) is 0 Å². The first-order chi connectivity index (χ1) is 29.4. The molecule has 0 saturated carbocycles. The summed E-state index contributed by atoms with van der Waals surface area (Å²) in [5.41, 5.74) is 0.192. The average molecular weight is 801 g/mol. The first-order valence-corrected chi connectivity index (χ1v) is 19.1. The Labute approximate surface area is 343 Å². The minimum absolute atomic E-state index is 0.00973. The van der Waals surface area contributed by atoms with Crippen LogP contribution >= 0.6 is 0 Å². The molecule has 60 heavy (non-hydrogen) atoms. The molecule has 7 aromatic rings. The molecule has 5 aromatic carbocycles. The van der Waals surface area contributed by atoms with Crippen LogP contribution in [0, 0.1) is 0 Å². The van der Waals surface area contributed by atoms with Crippen LogP contribution in [0.1, 0.15) is 53.2 Å². The van der Waals surface area contributed by atoms with Gasteiger partial charge in [0, 0.05) is 22.3 Å². The third kappa shape index (κ3) is 6.92. The van der Waals surface area contributed by atoms with Gasteiger partial charge in [0.25, 0.3) is 23.6 Å². The Morgan fingerprint density at radius 2 is 1.13 bits per heavy atom. The maximum Gasteiger partial charge on any atom is 0.267 e. The van der Waals surface area contributed by atoms with Gasteiger partial charge >= 0.3 is 0 Å². The van der Waals surface area contributed by atoms with E-state index < -0.39 is 60.2 Å². The van der Waals surface area contributed by atoms with Gasteiger partial charge in [-0.3, -0.25) is 23.7 Å². The monoisotopic (exact) mass is 800 g/mol. The number of fused-ring (bicyclic) bond motifs is 3. The van der Waals surface area contributed by atoms with E-state index in [-0.39, 0.29) is 52.4 Å². The standard InChI is InChI=1S/C46H36N6O8/c53-27-46-28-59-36(37(46)58-26-30-16-6-1-7-17-30)44(60-46)50-29-47-35-38(50)48-45(52(42(56)33-22-12-4-13-23-33)43(57)34-24-14-5-15-25-34)49-39(35)51(40(54)31-18-8-2-9-19-31)41(55)32-20-10-3-11-21-32/h1-25,29,36-37,44,53H,26-28H2/t36-,37+,44-,46+/m1/s1. The summed E-state index contributed by atoms with van der Waals surface area (Å²) in [6.07, 6.45) is -1.15. The van der Waals surface area contributed by atoms with Crippen molar-refractivity contribution in [3.8, 4) is 0 Å². The summed E-state index contributed by atoms with van der Waals surface area (Å²) in [4.78, 5) is 74.3. The molecule has 4 atom stereocenters. The molecule has 2 aromatic heterocycles. The second-order valence-corrected chi connectivity index (χ2v) is 14.3. The van der Waals surface area contributed by atoms with Crippen molar-refractivity contribution in [3.05, 3.63) is 186 Å².